The number of hydrogen-bond donors (Lipinski definition) is 3. The molecule has 0 saturated carbocycles. The zero-order valence-corrected chi connectivity index (χ0v) is 57.7. The molecule has 3 N–H and O–H groups in total. The van der Waals surface area contributed by atoms with Crippen molar-refractivity contribution in [3.05, 3.63) is 0 Å². The average Bonchev–Trinajstić information content (AvgIpc) is 3.68. The van der Waals surface area contributed by atoms with Gasteiger partial charge in [0.05, 0.1) is 26.4 Å². The molecule has 0 spiro atoms. The van der Waals surface area contributed by atoms with E-state index in [-0.39, 0.29) is 25.7 Å². The summed E-state index contributed by atoms with van der Waals surface area (Å²) in [7, 11) is -9.90. The van der Waals surface area contributed by atoms with E-state index in [4.69, 9.17) is 37.0 Å². The summed E-state index contributed by atoms with van der Waals surface area (Å²) in [5.41, 5.74) is 0. The third-order valence-electron chi connectivity index (χ3n) is 16.0. The monoisotopic (exact) mass is 1270 g/mol. The van der Waals surface area contributed by atoms with E-state index >= 15 is 0 Å². The van der Waals surface area contributed by atoms with Crippen LogP contribution in [0.2, 0.25) is 0 Å². The van der Waals surface area contributed by atoms with Crippen LogP contribution in [-0.4, -0.2) is 96.7 Å². The SMILES string of the molecule is CCC(C)CCCCCCCCCCC(=O)OC[C@H](COP(=O)(O)OCC(O)COP(=O)(O)OC[C@@H](COC(=O)CCCCCCCCCCC(C)C)OC(=O)CCCCCCCCCCCCC(C)C)OC(=O)CCCCCCCCC(C)CC. The number of aliphatic hydroxyl groups is 1. The third kappa shape index (κ3) is 58.4. The van der Waals surface area contributed by atoms with Crippen LogP contribution in [0.4, 0.5) is 0 Å². The normalized spacial score (nSPS) is 15.0. The van der Waals surface area contributed by atoms with Crippen molar-refractivity contribution in [1.82, 2.24) is 0 Å². The second kappa shape index (κ2) is 57.0. The van der Waals surface area contributed by atoms with Gasteiger partial charge in [-0.3, -0.25) is 37.3 Å². The Morgan fingerprint density at radius 2 is 0.558 bits per heavy atom. The Bertz CT molecular complexity index is 1720. The zero-order valence-electron chi connectivity index (χ0n) is 55.9. The molecule has 0 bridgehead atoms. The van der Waals surface area contributed by atoms with Crippen molar-refractivity contribution in [2.24, 2.45) is 23.7 Å². The molecule has 0 fully saturated rings. The molecule has 0 heterocycles. The summed E-state index contributed by atoms with van der Waals surface area (Å²) in [4.78, 5) is 72.4. The van der Waals surface area contributed by atoms with Crippen LogP contribution in [-0.2, 0) is 65.4 Å². The van der Waals surface area contributed by atoms with Gasteiger partial charge in [0, 0.05) is 25.7 Å². The summed E-state index contributed by atoms with van der Waals surface area (Å²) >= 11 is 0. The van der Waals surface area contributed by atoms with Crippen molar-refractivity contribution >= 4 is 39.5 Å². The highest BCUT2D eigenvalue weighted by Gasteiger charge is 2.30. The van der Waals surface area contributed by atoms with Gasteiger partial charge in [-0.25, -0.2) is 9.13 Å². The maximum Gasteiger partial charge on any atom is 0.472 e. The van der Waals surface area contributed by atoms with Gasteiger partial charge in [-0.1, -0.05) is 274 Å². The number of rotatable bonds is 64. The van der Waals surface area contributed by atoms with Gasteiger partial charge in [0.2, 0.25) is 0 Å². The maximum absolute atomic E-state index is 13.0. The van der Waals surface area contributed by atoms with E-state index in [2.05, 4.69) is 55.4 Å². The number of aliphatic hydroxyl groups excluding tert-OH is 1. The predicted molar refractivity (Wildman–Crippen MR) is 344 cm³/mol. The number of carbonyl (C=O) groups is 4. The molecule has 0 aliphatic carbocycles. The van der Waals surface area contributed by atoms with Crippen molar-refractivity contribution < 1.29 is 80.2 Å². The summed E-state index contributed by atoms with van der Waals surface area (Å²) in [6.07, 6.45) is 37.6. The lowest BCUT2D eigenvalue weighted by Gasteiger charge is -2.21. The molecule has 86 heavy (non-hydrogen) atoms. The number of hydrogen-bond acceptors (Lipinski definition) is 15. The van der Waals surface area contributed by atoms with Gasteiger partial charge in [0.1, 0.15) is 19.3 Å². The summed E-state index contributed by atoms with van der Waals surface area (Å²) in [5, 5.41) is 10.6. The summed E-state index contributed by atoms with van der Waals surface area (Å²) in [5.74, 6) is 0.839. The van der Waals surface area contributed by atoms with Crippen molar-refractivity contribution in [2.75, 3.05) is 39.6 Å². The van der Waals surface area contributed by atoms with Crippen LogP contribution in [0, 0.1) is 23.7 Å². The molecule has 0 aliphatic heterocycles. The lowest BCUT2D eigenvalue weighted by molar-refractivity contribution is -0.161. The Kier molecular flexibility index (Phi) is 55.7. The number of carbonyl (C=O) groups excluding carboxylic acids is 4. The first kappa shape index (κ1) is 84.1. The van der Waals surface area contributed by atoms with Gasteiger partial charge in [0.15, 0.2) is 12.2 Å². The van der Waals surface area contributed by atoms with Gasteiger partial charge in [-0.2, -0.15) is 0 Å². The van der Waals surface area contributed by atoms with Gasteiger partial charge < -0.3 is 33.8 Å². The van der Waals surface area contributed by atoms with Crippen LogP contribution >= 0.6 is 15.6 Å². The van der Waals surface area contributed by atoms with Gasteiger partial charge in [-0.05, 0) is 49.4 Å². The average molecular weight is 1270 g/mol. The molecular formula is C67H130O17P2. The number of ether oxygens (including phenoxy) is 4. The standard InChI is InChI=1S/C67H130O17P2/c1-9-59(7)45-37-29-21-16-18-23-32-40-48-65(70)78-54-63(84-67(72)50-42-34-26-25-30-38-46-60(8)10-2)56-82-86(75,76)80-52-61(68)51-79-85(73,74)81-55-62(53-77-64(69)47-39-31-22-17-15-20-28-36-44-58(5)6)83-66(71)49-41-33-24-14-12-11-13-19-27-35-43-57(3)4/h57-63,68H,9-56H2,1-8H3,(H,73,74)(H,75,76)/t59?,60?,61?,62-,63-/m1/s1. The molecule has 19 heteroatoms. The van der Waals surface area contributed by atoms with Crippen molar-refractivity contribution in [2.45, 2.75) is 343 Å². The first-order valence-electron chi connectivity index (χ1n) is 34.8. The van der Waals surface area contributed by atoms with Gasteiger partial charge in [0.25, 0.3) is 0 Å². The van der Waals surface area contributed by atoms with E-state index in [1.165, 1.54) is 128 Å². The molecule has 0 rings (SSSR count). The van der Waals surface area contributed by atoms with Gasteiger partial charge in [-0.15, -0.1) is 0 Å². The van der Waals surface area contributed by atoms with Crippen molar-refractivity contribution in [3.8, 4) is 0 Å². The van der Waals surface area contributed by atoms with Crippen LogP contribution in [0.5, 0.6) is 0 Å². The Morgan fingerprint density at radius 3 is 0.826 bits per heavy atom. The molecule has 0 aromatic heterocycles. The van der Waals surface area contributed by atoms with E-state index in [1.54, 1.807) is 0 Å². The molecule has 0 amide bonds. The largest absolute Gasteiger partial charge is 0.472 e. The number of esters is 4. The maximum atomic E-state index is 13.0. The molecule has 0 aromatic rings. The minimum atomic E-state index is -4.95. The van der Waals surface area contributed by atoms with E-state index in [9.17, 15) is 43.2 Å². The van der Waals surface area contributed by atoms with E-state index in [1.807, 2.05) is 0 Å². The number of phosphoric acid groups is 2. The summed E-state index contributed by atoms with van der Waals surface area (Å²) in [6.45, 7) is 14.0. The second-order valence-electron chi connectivity index (χ2n) is 25.6. The zero-order chi connectivity index (χ0) is 63.9. The van der Waals surface area contributed by atoms with Crippen molar-refractivity contribution in [1.29, 1.82) is 0 Å². The van der Waals surface area contributed by atoms with Gasteiger partial charge >= 0.3 is 39.5 Å². The molecule has 7 atom stereocenters. The molecule has 17 nitrogen and oxygen atoms in total. The highest BCUT2D eigenvalue weighted by atomic mass is 31.2. The fraction of sp³-hybridized carbons (Fsp3) is 0.940. The second-order valence-corrected chi connectivity index (χ2v) is 28.6. The minimum absolute atomic E-state index is 0.102. The molecule has 5 unspecified atom stereocenters. The molecule has 0 aromatic carbocycles. The minimum Gasteiger partial charge on any atom is -0.462 e. The molecule has 0 aliphatic rings. The molecule has 510 valence electrons. The number of phosphoric ester groups is 2. The fourth-order valence-corrected chi connectivity index (χ4v) is 11.5. The van der Waals surface area contributed by atoms with Crippen LogP contribution in [0.3, 0.4) is 0 Å². The van der Waals surface area contributed by atoms with E-state index in [0.717, 1.165) is 114 Å². The number of unbranched alkanes of at least 4 members (excludes halogenated alkanes) is 28. The molecule has 0 saturated heterocycles. The predicted octanol–water partition coefficient (Wildman–Crippen LogP) is 18.5. The van der Waals surface area contributed by atoms with Crippen LogP contribution < -0.4 is 0 Å². The fourth-order valence-electron chi connectivity index (χ4n) is 9.89. The Balaban J connectivity index is 5.27. The smallest absolute Gasteiger partial charge is 0.462 e. The third-order valence-corrected chi connectivity index (χ3v) is 17.9. The lowest BCUT2D eigenvalue weighted by Crippen LogP contribution is -2.30. The van der Waals surface area contributed by atoms with Crippen molar-refractivity contribution in [3.63, 3.8) is 0 Å². The first-order valence-corrected chi connectivity index (χ1v) is 37.8. The highest BCUT2D eigenvalue weighted by Crippen LogP contribution is 2.45. The Hall–Kier alpha value is -1.94. The van der Waals surface area contributed by atoms with Crippen LogP contribution in [0.15, 0.2) is 0 Å². The van der Waals surface area contributed by atoms with Crippen LogP contribution in [0.1, 0.15) is 325 Å². The Morgan fingerprint density at radius 1 is 0.326 bits per heavy atom. The molecule has 0 radical (unpaired) electrons. The first-order chi connectivity index (χ1) is 41.2. The lowest BCUT2D eigenvalue weighted by atomic mass is 9.99. The van der Waals surface area contributed by atoms with E-state index in [0.29, 0.717) is 25.7 Å². The topological polar surface area (TPSA) is 237 Å². The van der Waals surface area contributed by atoms with E-state index < -0.39 is 97.5 Å². The van der Waals surface area contributed by atoms with Crippen LogP contribution in [0.25, 0.3) is 0 Å². The quantitative estimate of drug-likeness (QED) is 0.0222. The summed E-state index contributed by atoms with van der Waals surface area (Å²) in [6, 6.07) is 0. The highest BCUT2D eigenvalue weighted by molar-refractivity contribution is 7.47. The molecular weight excluding hydrogens is 1140 g/mol. The summed E-state index contributed by atoms with van der Waals surface area (Å²) < 4.78 is 68.1. The Labute approximate surface area is 524 Å².